The Labute approximate surface area is 186 Å². The molecule has 0 radical (unpaired) electrons. The Balaban J connectivity index is 2.51. The largest absolute Gasteiger partial charge is 0.298 e. The highest BCUT2D eigenvalue weighted by Crippen LogP contribution is 2.42. The molecule has 0 heterocycles. The van der Waals surface area contributed by atoms with Crippen LogP contribution in [0.5, 0.6) is 0 Å². The normalized spacial score (nSPS) is 29.9. The Morgan fingerprint density at radius 3 is 1.38 bits per heavy atom. The SMILES string of the molecule is CCCC(=O)C1C(=O)C(CC2C(=O)C(C(=O)CC)C(=O)C(C)(C)C2=O)C(=O)C(C)(C)C1=O. The van der Waals surface area contributed by atoms with E-state index < -0.39 is 87.2 Å². The molecule has 0 aromatic rings. The van der Waals surface area contributed by atoms with E-state index in [0.717, 1.165) is 0 Å². The first-order chi connectivity index (χ1) is 14.7. The van der Waals surface area contributed by atoms with Gasteiger partial charge >= 0.3 is 0 Å². The quantitative estimate of drug-likeness (QED) is 0.539. The Hall–Kier alpha value is -2.64. The van der Waals surface area contributed by atoms with Crippen LogP contribution in [-0.4, -0.2) is 46.3 Å². The minimum atomic E-state index is -1.64. The molecule has 2 rings (SSSR count). The van der Waals surface area contributed by atoms with E-state index in [1.807, 2.05) is 0 Å². The first-order valence-corrected chi connectivity index (χ1v) is 11.0. The number of ketones is 8. The summed E-state index contributed by atoms with van der Waals surface area (Å²) in [5, 5.41) is 0. The second kappa shape index (κ2) is 8.71. The van der Waals surface area contributed by atoms with Crippen LogP contribution in [0.25, 0.3) is 0 Å². The van der Waals surface area contributed by atoms with Crippen molar-refractivity contribution in [2.75, 3.05) is 0 Å². The van der Waals surface area contributed by atoms with Crippen LogP contribution in [0.4, 0.5) is 0 Å². The van der Waals surface area contributed by atoms with Gasteiger partial charge in [0, 0.05) is 12.8 Å². The number of rotatable bonds is 7. The lowest BCUT2D eigenvalue weighted by atomic mass is 9.58. The van der Waals surface area contributed by atoms with Crippen LogP contribution >= 0.6 is 0 Å². The zero-order valence-electron chi connectivity index (χ0n) is 19.4. The first-order valence-electron chi connectivity index (χ1n) is 11.0. The highest BCUT2D eigenvalue weighted by atomic mass is 16.2. The van der Waals surface area contributed by atoms with E-state index in [9.17, 15) is 38.4 Å². The lowest BCUT2D eigenvalue weighted by Crippen LogP contribution is -2.59. The summed E-state index contributed by atoms with van der Waals surface area (Å²) in [7, 11) is 0. The third-order valence-electron chi connectivity index (χ3n) is 6.84. The molecule has 8 nitrogen and oxygen atoms in total. The van der Waals surface area contributed by atoms with Crippen LogP contribution in [0.3, 0.4) is 0 Å². The molecular formula is C24H30O8. The third-order valence-corrected chi connectivity index (χ3v) is 6.84. The smallest absolute Gasteiger partial charge is 0.163 e. The number of hydrogen-bond donors (Lipinski definition) is 0. The summed E-state index contributed by atoms with van der Waals surface area (Å²) in [6.45, 7) is 8.49. The summed E-state index contributed by atoms with van der Waals surface area (Å²) < 4.78 is 0. The minimum absolute atomic E-state index is 0.0188. The molecule has 2 saturated carbocycles. The van der Waals surface area contributed by atoms with Gasteiger partial charge in [0.1, 0.15) is 11.8 Å². The van der Waals surface area contributed by atoms with Gasteiger partial charge in [-0.1, -0.05) is 13.8 Å². The summed E-state index contributed by atoms with van der Waals surface area (Å²) in [4.78, 5) is 103. The fourth-order valence-electron chi connectivity index (χ4n) is 4.64. The maximum absolute atomic E-state index is 13.1. The molecule has 0 bridgehead atoms. The summed E-state index contributed by atoms with van der Waals surface area (Å²) in [5.74, 6) is -12.4. The van der Waals surface area contributed by atoms with Crippen LogP contribution in [0.1, 0.15) is 67.2 Å². The molecule has 2 aliphatic carbocycles. The second-order valence-electron chi connectivity index (χ2n) is 9.75. The van der Waals surface area contributed by atoms with Gasteiger partial charge in [0.2, 0.25) is 0 Å². The molecule has 0 spiro atoms. The van der Waals surface area contributed by atoms with Crippen molar-refractivity contribution in [3.63, 3.8) is 0 Å². The van der Waals surface area contributed by atoms with Gasteiger partial charge in [-0.3, -0.25) is 38.4 Å². The predicted molar refractivity (Wildman–Crippen MR) is 111 cm³/mol. The van der Waals surface area contributed by atoms with Gasteiger partial charge in [0.25, 0.3) is 0 Å². The van der Waals surface area contributed by atoms with Crippen molar-refractivity contribution < 1.29 is 38.4 Å². The van der Waals surface area contributed by atoms with E-state index in [2.05, 4.69) is 0 Å². The molecule has 0 aromatic carbocycles. The average Bonchev–Trinajstić information content (AvgIpc) is 2.71. The second-order valence-corrected chi connectivity index (χ2v) is 9.75. The number of carbonyl (C=O) groups is 8. The van der Waals surface area contributed by atoms with Crippen LogP contribution < -0.4 is 0 Å². The molecule has 2 fully saturated rings. The Bertz CT molecular complexity index is 936. The molecule has 0 amide bonds. The Kier molecular flexibility index (Phi) is 6.98. The molecule has 4 atom stereocenters. The molecule has 2 aliphatic rings. The fourth-order valence-corrected chi connectivity index (χ4v) is 4.64. The van der Waals surface area contributed by atoms with Crippen LogP contribution in [0.15, 0.2) is 0 Å². The van der Waals surface area contributed by atoms with Crippen LogP contribution in [-0.2, 0) is 38.4 Å². The third kappa shape index (κ3) is 3.84. The van der Waals surface area contributed by atoms with Crippen LogP contribution in [0.2, 0.25) is 0 Å². The van der Waals surface area contributed by atoms with Crippen LogP contribution in [0, 0.1) is 34.5 Å². The molecule has 4 unspecified atom stereocenters. The highest BCUT2D eigenvalue weighted by molar-refractivity contribution is 6.35. The molecule has 0 saturated heterocycles. The number of Topliss-reactive ketones (excluding diaryl/α,β-unsaturated/α-hetero) is 8. The molecule has 0 aromatic heterocycles. The molecule has 174 valence electrons. The standard InChI is InChI=1S/C24H30O8/c1-7-9-14(26)16-18(28)12(20(30)24(5,6)22(16)32)10-11-17(27)15(13(25)8-2)21(31)23(3,4)19(11)29/h11-12,15-16H,7-10H2,1-6H3. The van der Waals surface area contributed by atoms with Crippen molar-refractivity contribution in [3.8, 4) is 0 Å². The average molecular weight is 446 g/mol. The monoisotopic (exact) mass is 446 g/mol. The Morgan fingerprint density at radius 2 is 1.03 bits per heavy atom. The van der Waals surface area contributed by atoms with Crippen molar-refractivity contribution in [1.82, 2.24) is 0 Å². The molecule has 0 N–H and O–H groups in total. The molecule has 32 heavy (non-hydrogen) atoms. The minimum Gasteiger partial charge on any atom is -0.298 e. The lowest BCUT2D eigenvalue weighted by molar-refractivity contribution is -0.158. The van der Waals surface area contributed by atoms with Gasteiger partial charge in [0.05, 0.1) is 22.7 Å². The zero-order chi connectivity index (χ0) is 24.8. The van der Waals surface area contributed by atoms with E-state index in [0.29, 0.717) is 6.42 Å². The summed E-state index contributed by atoms with van der Waals surface area (Å²) in [6, 6.07) is 0. The lowest BCUT2D eigenvalue weighted by Gasteiger charge is -2.39. The first kappa shape index (κ1) is 25.6. The van der Waals surface area contributed by atoms with Gasteiger partial charge in [-0.2, -0.15) is 0 Å². The van der Waals surface area contributed by atoms with Crippen molar-refractivity contribution >= 4 is 46.3 Å². The maximum Gasteiger partial charge on any atom is 0.163 e. The van der Waals surface area contributed by atoms with Gasteiger partial charge < -0.3 is 0 Å². The topological polar surface area (TPSA) is 137 Å². The molecule has 0 aliphatic heterocycles. The van der Waals surface area contributed by atoms with E-state index in [4.69, 9.17) is 0 Å². The summed E-state index contributed by atoms with van der Waals surface area (Å²) in [5.41, 5.74) is -3.28. The number of hydrogen-bond acceptors (Lipinski definition) is 8. The predicted octanol–water partition coefficient (Wildman–Crippen LogP) is 1.68. The van der Waals surface area contributed by atoms with Gasteiger partial charge in [-0.05, 0) is 40.5 Å². The van der Waals surface area contributed by atoms with E-state index >= 15 is 0 Å². The molecule has 8 heteroatoms. The van der Waals surface area contributed by atoms with Gasteiger partial charge in [-0.25, -0.2) is 0 Å². The van der Waals surface area contributed by atoms with Gasteiger partial charge in [-0.15, -0.1) is 0 Å². The molecular weight excluding hydrogens is 416 g/mol. The zero-order valence-corrected chi connectivity index (χ0v) is 19.4. The van der Waals surface area contributed by atoms with E-state index in [-0.39, 0.29) is 12.8 Å². The van der Waals surface area contributed by atoms with Crippen molar-refractivity contribution in [2.45, 2.75) is 67.2 Å². The van der Waals surface area contributed by atoms with E-state index in [1.165, 1.54) is 34.6 Å². The van der Waals surface area contributed by atoms with E-state index in [1.54, 1.807) is 6.92 Å². The summed E-state index contributed by atoms with van der Waals surface area (Å²) in [6.07, 6.45) is -0.248. The fraction of sp³-hybridized carbons (Fsp3) is 0.667. The van der Waals surface area contributed by atoms with Gasteiger partial charge in [0.15, 0.2) is 46.3 Å². The maximum atomic E-state index is 13.1. The van der Waals surface area contributed by atoms with Crippen molar-refractivity contribution in [3.05, 3.63) is 0 Å². The van der Waals surface area contributed by atoms with Crippen molar-refractivity contribution in [1.29, 1.82) is 0 Å². The number of carbonyl (C=O) groups excluding carboxylic acids is 8. The van der Waals surface area contributed by atoms with Crippen molar-refractivity contribution in [2.24, 2.45) is 34.5 Å². The summed E-state index contributed by atoms with van der Waals surface area (Å²) >= 11 is 0. The highest BCUT2D eigenvalue weighted by Gasteiger charge is 2.60. The Morgan fingerprint density at radius 1 is 0.656 bits per heavy atom.